The van der Waals surface area contributed by atoms with E-state index in [9.17, 15) is 14.4 Å². The minimum absolute atomic E-state index is 0.209. The number of ether oxygens (including phenoxy) is 3. The molecular formula is C18H32N4O6. The molecule has 3 atom stereocenters. The molecule has 0 aromatic carbocycles. The Hall–Kier alpha value is -1.91. The van der Waals surface area contributed by atoms with Gasteiger partial charge >= 0.3 is 12.1 Å². The van der Waals surface area contributed by atoms with Crippen LogP contribution in [0.5, 0.6) is 0 Å². The van der Waals surface area contributed by atoms with Crippen LogP contribution in [0.3, 0.4) is 0 Å². The number of carbonyl (C=O) groups is 3. The highest BCUT2D eigenvalue weighted by atomic mass is 16.6. The SMILES string of the molecule is COC(=O)[C@@H]1CCCN(C(=O)[C@H](C[C@H]2CNCCO2)NC(=O)OC(C)(C)C)N1. The Labute approximate surface area is 165 Å². The van der Waals surface area contributed by atoms with E-state index in [2.05, 4.69) is 16.1 Å². The van der Waals surface area contributed by atoms with E-state index in [1.54, 1.807) is 20.8 Å². The lowest BCUT2D eigenvalue weighted by molar-refractivity contribution is -0.150. The smallest absolute Gasteiger partial charge is 0.408 e. The highest BCUT2D eigenvalue weighted by Gasteiger charge is 2.35. The summed E-state index contributed by atoms with van der Waals surface area (Å²) in [5.41, 5.74) is 2.22. The first kappa shape index (κ1) is 22.4. The monoisotopic (exact) mass is 400 g/mol. The van der Waals surface area contributed by atoms with Crippen LogP contribution in [0.15, 0.2) is 0 Å². The fraction of sp³-hybridized carbons (Fsp3) is 0.833. The molecule has 0 unspecified atom stereocenters. The molecule has 2 heterocycles. The topological polar surface area (TPSA) is 118 Å². The Morgan fingerprint density at radius 3 is 2.68 bits per heavy atom. The molecule has 3 N–H and O–H groups in total. The number of nitrogens with zero attached hydrogens (tertiary/aromatic N) is 1. The summed E-state index contributed by atoms with van der Waals surface area (Å²) in [6.45, 7) is 7.59. The third-order valence-corrected chi connectivity index (χ3v) is 4.43. The van der Waals surface area contributed by atoms with Crippen molar-refractivity contribution in [3.8, 4) is 0 Å². The quantitative estimate of drug-likeness (QED) is 0.549. The highest BCUT2D eigenvalue weighted by Crippen LogP contribution is 2.14. The third kappa shape index (κ3) is 6.92. The Kier molecular flexibility index (Phi) is 8.02. The second kappa shape index (κ2) is 10.0. The van der Waals surface area contributed by atoms with Crippen LogP contribution in [-0.2, 0) is 23.8 Å². The number of methoxy groups -OCH3 is 1. The summed E-state index contributed by atoms with van der Waals surface area (Å²) < 4.78 is 15.7. The first-order valence-electron chi connectivity index (χ1n) is 9.67. The largest absolute Gasteiger partial charge is 0.468 e. The van der Waals surface area contributed by atoms with Crippen LogP contribution in [0, 0.1) is 0 Å². The standard InChI is InChI=1S/C18H32N4O6/c1-18(2,3)28-17(25)20-14(10-12-11-19-7-9-27-12)15(23)22-8-5-6-13(21-22)16(24)26-4/h12-14,19,21H,5-11H2,1-4H3,(H,20,25)/t12-,13-,14-/m0/s1. The maximum Gasteiger partial charge on any atom is 0.408 e. The summed E-state index contributed by atoms with van der Waals surface area (Å²) in [6.07, 6.45) is 0.650. The zero-order chi connectivity index (χ0) is 20.7. The number of nitrogens with one attached hydrogen (secondary N) is 3. The van der Waals surface area contributed by atoms with Crippen molar-refractivity contribution in [2.45, 2.75) is 63.8 Å². The average Bonchev–Trinajstić information content (AvgIpc) is 2.65. The number of hydrogen-bond donors (Lipinski definition) is 3. The molecule has 2 aliphatic heterocycles. The van der Waals surface area contributed by atoms with Gasteiger partial charge in [0, 0.05) is 26.1 Å². The second-order valence-electron chi connectivity index (χ2n) is 7.97. The average molecular weight is 400 g/mol. The molecule has 2 saturated heterocycles. The molecule has 2 rings (SSSR count). The Bertz CT molecular complexity index is 559. The minimum Gasteiger partial charge on any atom is -0.468 e. The first-order valence-corrected chi connectivity index (χ1v) is 9.67. The van der Waals surface area contributed by atoms with E-state index >= 15 is 0 Å². The molecule has 10 heteroatoms. The van der Waals surface area contributed by atoms with Gasteiger partial charge in [0.1, 0.15) is 17.7 Å². The molecule has 2 aliphatic rings. The summed E-state index contributed by atoms with van der Waals surface area (Å²) >= 11 is 0. The second-order valence-corrected chi connectivity index (χ2v) is 7.97. The Morgan fingerprint density at radius 2 is 2.07 bits per heavy atom. The van der Waals surface area contributed by atoms with Crippen molar-refractivity contribution >= 4 is 18.0 Å². The molecule has 0 spiro atoms. The summed E-state index contributed by atoms with van der Waals surface area (Å²) in [5.74, 6) is -0.761. The lowest BCUT2D eigenvalue weighted by Crippen LogP contribution is -2.61. The predicted molar refractivity (Wildman–Crippen MR) is 100 cm³/mol. The molecule has 160 valence electrons. The lowest BCUT2D eigenvalue weighted by atomic mass is 10.1. The van der Waals surface area contributed by atoms with Crippen LogP contribution in [0.4, 0.5) is 4.79 Å². The fourth-order valence-corrected chi connectivity index (χ4v) is 3.15. The fourth-order valence-electron chi connectivity index (χ4n) is 3.15. The van der Waals surface area contributed by atoms with Crippen LogP contribution in [0.1, 0.15) is 40.0 Å². The molecule has 0 radical (unpaired) electrons. The van der Waals surface area contributed by atoms with Crippen molar-refractivity contribution < 1.29 is 28.6 Å². The summed E-state index contributed by atoms with van der Waals surface area (Å²) in [5, 5.41) is 7.25. The normalized spacial score (nSPS) is 24.2. The summed E-state index contributed by atoms with van der Waals surface area (Å²) in [7, 11) is 1.31. The number of esters is 1. The zero-order valence-corrected chi connectivity index (χ0v) is 17.1. The number of amides is 2. The number of alkyl carbamates (subject to hydrolysis) is 1. The van der Waals surface area contributed by atoms with E-state index in [4.69, 9.17) is 14.2 Å². The van der Waals surface area contributed by atoms with Crippen molar-refractivity contribution in [1.29, 1.82) is 0 Å². The molecule has 28 heavy (non-hydrogen) atoms. The molecule has 0 bridgehead atoms. The van der Waals surface area contributed by atoms with Crippen LogP contribution < -0.4 is 16.1 Å². The van der Waals surface area contributed by atoms with Gasteiger partial charge in [-0.3, -0.25) is 14.6 Å². The molecule has 0 aromatic heterocycles. The summed E-state index contributed by atoms with van der Waals surface area (Å²) in [6, 6.07) is -1.43. The van der Waals surface area contributed by atoms with Crippen LogP contribution in [0.25, 0.3) is 0 Å². The van der Waals surface area contributed by atoms with Gasteiger partial charge in [-0.05, 0) is 33.6 Å². The lowest BCUT2D eigenvalue weighted by Gasteiger charge is -2.36. The Balaban J connectivity index is 2.06. The predicted octanol–water partition coefficient (Wildman–Crippen LogP) is -0.0732. The van der Waals surface area contributed by atoms with Gasteiger partial charge < -0.3 is 24.8 Å². The maximum atomic E-state index is 13.1. The minimum atomic E-state index is -0.844. The van der Waals surface area contributed by atoms with Crippen molar-refractivity contribution in [3.05, 3.63) is 0 Å². The van der Waals surface area contributed by atoms with E-state index in [-0.39, 0.29) is 12.0 Å². The number of hydrazine groups is 1. The number of hydrogen-bond acceptors (Lipinski definition) is 8. The molecule has 0 aromatic rings. The zero-order valence-electron chi connectivity index (χ0n) is 17.1. The van der Waals surface area contributed by atoms with Gasteiger partial charge in [-0.2, -0.15) is 0 Å². The van der Waals surface area contributed by atoms with E-state index in [0.29, 0.717) is 39.0 Å². The van der Waals surface area contributed by atoms with E-state index in [1.807, 2.05) is 0 Å². The molecule has 10 nitrogen and oxygen atoms in total. The Morgan fingerprint density at radius 1 is 1.32 bits per heavy atom. The van der Waals surface area contributed by atoms with Gasteiger partial charge in [0.25, 0.3) is 5.91 Å². The van der Waals surface area contributed by atoms with Gasteiger partial charge in [-0.15, -0.1) is 0 Å². The van der Waals surface area contributed by atoms with E-state index in [1.165, 1.54) is 12.1 Å². The van der Waals surface area contributed by atoms with Crippen molar-refractivity contribution in [2.75, 3.05) is 33.4 Å². The molecule has 0 saturated carbocycles. The van der Waals surface area contributed by atoms with Crippen molar-refractivity contribution in [1.82, 2.24) is 21.1 Å². The summed E-state index contributed by atoms with van der Waals surface area (Å²) in [4.78, 5) is 37.2. The van der Waals surface area contributed by atoms with Crippen molar-refractivity contribution in [2.24, 2.45) is 0 Å². The number of rotatable bonds is 5. The van der Waals surface area contributed by atoms with Gasteiger partial charge in [0.15, 0.2) is 0 Å². The third-order valence-electron chi connectivity index (χ3n) is 4.43. The number of morpholine rings is 1. The highest BCUT2D eigenvalue weighted by molar-refractivity contribution is 5.86. The molecule has 2 amide bonds. The van der Waals surface area contributed by atoms with Gasteiger partial charge in [0.2, 0.25) is 0 Å². The van der Waals surface area contributed by atoms with Crippen LogP contribution >= 0.6 is 0 Å². The van der Waals surface area contributed by atoms with E-state index in [0.717, 1.165) is 6.54 Å². The maximum absolute atomic E-state index is 13.1. The van der Waals surface area contributed by atoms with E-state index < -0.39 is 29.7 Å². The van der Waals surface area contributed by atoms with Gasteiger partial charge in [-0.1, -0.05) is 0 Å². The van der Waals surface area contributed by atoms with Gasteiger partial charge in [-0.25, -0.2) is 10.2 Å². The molecular weight excluding hydrogens is 368 g/mol. The van der Waals surface area contributed by atoms with Crippen LogP contribution in [0.2, 0.25) is 0 Å². The van der Waals surface area contributed by atoms with Gasteiger partial charge in [0.05, 0.1) is 19.8 Å². The van der Waals surface area contributed by atoms with Crippen LogP contribution in [-0.4, -0.2) is 80.1 Å². The first-order chi connectivity index (χ1) is 13.2. The number of carbonyl (C=O) groups excluding carboxylic acids is 3. The molecule has 2 fully saturated rings. The molecule has 0 aliphatic carbocycles. The van der Waals surface area contributed by atoms with Crippen molar-refractivity contribution in [3.63, 3.8) is 0 Å².